The maximum Gasteiger partial charge on any atom is 0.254 e. The standard InChI is InChI=1S/C18H19ClFNO2/c1-11(2)23-15-6-4-5-13(9-15)12(3)21-18(22)16-10-14(19)7-8-17(16)20/h4-12H,1-3H3,(H,21,22). The molecule has 0 radical (unpaired) electrons. The molecule has 0 fully saturated rings. The molecule has 2 aromatic carbocycles. The van der Waals surface area contributed by atoms with Crippen molar-refractivity contribution in [1.82, 2.24) is 5.32 Å². The molecule has 0 spiro atoms. The lowest BCUT2D eigenvalue weighted by Crippen LogP contribution is -2.27. The smallest absolute Gasteiger partial charge is 0.254 e. The molecule has 0 aliphatic carbocycles. The van der Waals surface area contributed by atoms with Crippen LogP contribution < -0.4 is 10.1 Å². The van der Waals surface area contributed by atoms with E-state index in [4.69, 9.17) is 16.3 Å². The zero-order chi connectivity index (χ0) is 17.0. The normalized spacial score (nSPS) is 12.1. The van der Waals surface area contributed by atoms with Crippen molar-refractivity contribution in [3.63, 3.8) is 0 Å². The Morgan fingerprint density at radius 1 is 1.17 bits per heavy atom. The first-order chi connectivity index (χ1) is 10.9. The Bertz CT molecular complexity index is 703. The second kappa shape index (κ2) is 7.47. The van der Waals surface area contributed by atoms with Crippen molar-refractivity contribution in [2.45, 2.75) is 32.9 Å². The number of hydrogen-bond donors (Lipinski definition) is 1. The van der Waals surface area contributed by atoms with Crippen LogP contribution in [0.2, 0.25) is 5.02 Å². The summed E-state index contributed by atoms with van der Waals surface area (Å²) in [6.45, 7) is 5.72. The highest BCUT2D eigenvalue weighted by Crippen LogP contribution is 2.21. The summed E-state index contributed by atoms with van der Waals surface area (Å²) in [5.41, 5.74) is 0.804. The zero-order valence-corrected chi connectivity index (χ0v) is 14.0. The van der Waals surface area contributed by atoms with Gasteiger partial charge in [-0.1, -0.05) is 23.7 Å². The van der Waals surface area contributed by atoms with Gasteiger partial charge in [-0.05, 0) is 56.7 Å². The molecular weight excluding hydrogens is 317 g/mol. The number of rotatable bonds is 5. The van der Waals surface area contributed by atoms with E-state index in [0.29, 0.717) is 5.02 Å². The second-order valence-corrected chi connectivity index (χ2v) is 5.99. The molecule has 2 rings (SSSR count). The van der Waals surface area contributed by atoms with E-state index in [1.165, 1.54) is 18.2 Å². The number of halogens is 2. The minimum absolute atomic E-state index is 0.0655. The molecule has 0 aromatic heterocycles. The fourth-order valence-electron chi connectivity index (χ4n) is 2.16. The van der Waals surface area contributed by atoms with E-state index >= 15 is 0 Å². The van der Waals surface area contributed by atoms with E-state index in [1.54, 1.807) is 0 Å². The highest BCUT2D eigenvalue weighted by molar-refractivity contribution is 6.31. The van der Waals surface area contributed by atoms with Crippen molar-refractivity contribution in [2.75, 3.05) is 0 Å². The molecule has 23 heavy (non-hydrogen) atoms. The van der Waals surface area contributed by atoms with Crippen molar-refractivity contribution < 1.29 is 13.9 Å². The third-order valence-electron chi connectivity index (χ3n) is 3.25. The van der Waals surface area contributed by atoms with E-state index in [0.717, 1.165) is 11.3 Å². The van der Waals surface area contributed by atoms with Crippen molar-refractivity contribution in [2.24, 2.45) is 0 Å². The maximum atomic E-state index is 13.7. The fraction of sp³-hybridized carbons (Fsp3) is 0.278. The van der Waals surface area contributed by atoms with Crippen molar-refractivity contribution >= 4 is 17.5 Å². The molecule has 1 atom stereocenters. The van der Waals surface area contributed by atoms with Crippen LogP contribution in [0.5, 0.6) is 5.75 Å². The quantitative estimate of drug-likeness (QED) is 0.855. The summed E-state index contributed by atoms with van der Waals surface area (Å²) in [5.74, 6) is -0.379. The number of carbonyl (C=O) groups is 1. The van der Waals surface area contributed by atoms with Gasteiger partial charge in [0.2, 0.25) is 0 Å². The van der Waals surface area contributed by atoms with Crippen molar-refractivity contribution in [3.8, 4) is 5.75 Å². The van der Waals surface area contributed by atoms with Crippen LogP contribution in [-0.4, -0.2) is 12.0 Å². The van der Waals surface area contributed by atoms with Crippen LogP contribution in [0.25, 0.3) is 0 Å². The van der Waals surface area contributed by atoms with Gasteiger partial charge >= 0.3 is 0 Å². The molecule has 2 aromatic rings. The van der Waals surface area contributed by atoms with E-state index < -0.39 is 11.7 Å². The monoisotopic (exact) mass is 335 g/mol. The Balaban J connectivity index is 2.13. The SMILES string of the molecule is CC(C)Oc1cccc(C(C)NC(=O)c2cc(Cl)ccc2F)c1. The minimum Gasteiger partial charge on any atom is -0.491 e. The molecule has 1 N–H and O–H groups in total. The molecule has 1 unspecified atom stereocenters. The van der Waals surface area contributed by atoms with Crippen molar-refractivity contribution in [1.29, 1.82) is 0 Å². The molecule has 5 heteroatoms. The van der Waals surface area contributed by atoms with Crippen LogP contribution in [0.1, 0.15) is 42.7 Å². The Morgan fingerprint density at radius 2 is 1.91 bits per heavy atom. The Kier molecular flexibility index (Phi) is 5.61. The number of nitrogens with one attached hydrogen (secondary N) is 1. The summed E-state index contributed by atoms with van der Waals surface area (Å²) in [6.07, 6.45) is 0.0655. The van der Waals surface area contributed by atoms with Gasteiger partial charge in [0.05, 0.1) is 17.7 Å². The summed E-state index contributed by atoms with van der Waals surface area (Å²) in [5, 5.41) is 3.08. The van der Waals surface area contributed by atoms with Gasteiger partial charge in [-0.2, -0.15) is 0 Å². The van der Waals surface area contributed by atoms with Gasteiger partial charge in [0.1, 0.15) is 11.6 Å². The molecule has 0 aliphatic heterocycles. The number of hydrogen-bond acceptors (Lipinski definition) is 2. The summed E-state index contributed by atoms with van der Waals surface area (Å²) >= 11 is 5.82. The van der Waals surface area contributed by atoms with Gasteiger partial charge in [0, 0.05) is 5.02 Å². The van der Waals surface area contributed by atoms with Crippen LogP contribution in [0, 0.1) is 5.82 Å². The highest BCUT2D eigenvalue weighted by atomic mass is 35.5. The molecule has 122 valence electrons. The van der Waals surface area contributed by atoms with Crippen LogP contribution in [-0.2, 0) is 0 Å². The van der Waals surface area contributed by atoms with E-state index in [9.17, 15) is 9.18 Å². The Morgan fingerprint density at radius 3 is 2.61 bits per heavy atom. The molecule has 0 heterocycles. The maximum absolute atomic E-state index is 13.7. The van der Waals surface area contributed by atoms with Crippen LogP contribution in [0.4, 0.5) is 4.39 Å². The fourth-order valence-corrected chi connectivity index (χ4v) is 2.33. The van der Waals surface area contributed by atoms with Gasteiger partial charge < -0.3 is 10.1 Å². The predicted molar refractivity (Wildman–Crippen MR) is 89.5 cm³/mol. The van der Waals surface area contributed by atoms with E-state index in [1.807, 2.05) is 45.0 Å². The first-order valence-corrected chi connectivity index (χ1v) is 7.77. The molecule has 1 amide bonds. The van der Waals surface area contributed by atoms with Crippen LogP contribution in [0.3, 0.4) is 0 Å². The largest absolute Gasteiger partial charge is 0.491 e. The molecule has 0 saturated carbocycles. The summed E-state index contributed by atoms with van der Waals surface area (Å²) in [4.78, 5) is 12.2. The van der Waals surface area contributed by atoms with Gasteiger partial charge in [0.15, 0.2) is 0 Å². The Hall–Kier alpha value is -2.07. The lowest BCUT2D eigenvalue weighted by atomic mass is 10.1. The van der Waals surface area contributed by atoms with Gasteiger partial charge in [-0.25, -0.2) is 4.39 Å². The van der Waals surface area contributed by atoms with Gasteiger partial charge in [-0.15, -0.1) is 0 Å². The predicted octanol–water partition coefficient (Wildman–Crippen LogP) is 4.76. The molecule has 0 bridgehead atoms. The minimum atomic E-state index is -0.601. The first kappa shape index (κ1) is 17.3. The second-order valence-electron chi connectivity index (χ2n) is 5.56. The van der Waals surface area contributed by atoms with Gasteiger partial charge in [-0.3, -0.25) is 4.79 Å². The first-order valence-electron chi connectivity index (χ1n) is 7.39. The molecule has 3 nitrogen and oxygen atoms in total. The summed E-state index contributed by atoms with van der Waals surface area (Å²) < 4.78 is 19.4. The highest BCUT2D eigenvalue weighted by Gasteiger charge is 2.16. The third kappa shape index (κ3) is 4.70. The van der Waals surface area contributed by atoms with Crippen LogP contribution >= 0.6 is 11.6 Å². The number of amides is 1. The number of carbonyl (C=O) groups excluding carboxylic acids is 1. The van der Waals surface area contributed by atoms with Gasteiger partial charge in [0.25, 0.3) is 5.91 Å². The lowest BCUT2D eigenvalue weighted by molar-refractivity contribution is 0.0935. The lowest BCUT2D eigenvalue weighted by Gasteiger charge is -2.17. The molecule has 0 aliphatic rings. The summed E-state index contributed by atoms with van der Waals surface area (Å²) in [7, 11) is 0. The molecular formula is C18H19ClFNO2. The average Bonchev–Trinajstić information content (AvgIpc) is 2.49. The zero-order valence-electron chi connectivity index (χ0n) is 13.3. The molecule has 0 saturated heterocycles. The number of ether oxygens (including phenoxy) is 1. The van der Waals surface area contributed by atoms with Crippen molar-refractivity contribution in [3.05, 3.63) is 64.4 Å². The van der Waals surface area contributed by atoms with E-state index in [2.05, 4.69) is 5.32 Å². The Labute approximate surface area is 140 Å². The van der Waals surface area contributed by atoms with E-state index in [-0.39, 0.29) is 17.7 Å². The van der Waals surface area contributed by atoms with Crippen LogP contribution in [0.15, 0.2) is 42.5 Å². The third-order valence-corrected chi connectivity index (χ3v) is 3.49. The topological polar surface area (TPSA) is 38.3 Å². The average molecular weight is 336 g/mol. The summed E-state index contributed by atoms with van der Waals surface area (Å²) in [6, 6.07) is 11.1. The number of benzene rings is 2.